The van der Waals surface area contributed by atoms with Gasteiger partial charge in [-0.15, -0.1) is 0 Å². The summed E-state index contributed by atoms with van der Waals surface area (Å²) < 4.78 is 4.87. The highest BCUT2D eigenvalue weighted by atomic mass is 16.5. The minimum Gasteiger partial charge on any atom is -0.506 e. The number of fused-ring (bicyclic) bond motifs is 1. The van der Waals surface area contributed by atoms with Crippen LogP contribution in [0.5, 0.6) is 5.75 Å². The molecule has 0 saturated heterocycles. The topological polar surface area (TPSA) is 105 Å². The van der Waals surface area contributed by atoms with E-state index in [1.807, 2.05) is 19.9 Å². The van der Waals surface area contributed by atoms with E-state index < -0.39 is 24.5 Å². The highest BCUT2D eigenvalue weighted by Gasteiger charge is 2.17. The number of rotatable bonds is 6. The molecule has 0 atom stereocenters. The molecular weight excluding hydrogens is 336 g/mol. The van der Waals surface area contributed by atoms with Crippen LogP contribution in [0.3, 0.4) is 0 Å². The van der Waals surface area contributed by atoms with Crippen LogP contribution in [0.1, 0.15) is 30.6 Å². The van der Waals surface area contributed by atoms with Gasteiger partial charge in [0.25, 0.3) is 5.91 Å². The molecule has 138 valence electrons. The molecule has 0 aliphatic carbocycles. The average molecular weight is 358 g/mol. The predicted molar refractivity (Wildman–Crippen MR) is 96.9 cm³/mol. The Balaban J connectivity index is 1.87. The SMILES string of the molecule is CC(C)CCNC(=O)NC(=O)COC(=O)c1ccc2ccccc2c1O. The lowest BCUT2D eigenvalue weighted by atomic mass is 10.1. The Bertz CT molecular complexity index is 817. The van der Waals surface area contributed by atoms with E-state index in [-0.39, 0.29) is 11.3 Å². The van der Waals surface area contributed by atoms with Gasteiger partial charge >= 0.3 is 12.0 Å². The number of hydrogen-bond donors (Lipinski definition) is 3. The maximum Gasteiger partial charge on any atom is 0.342 e. The number of urea groups is 1. The number of benzene rings is 2. The van der Waals surface area contributed by atoms with Crippen LogP contribution >= 0.6 is 0 Å². The zero-order valence-corrected chi connectivity index (χ0v) is 14.7. The molecule has 26 heavy (non-hydrogen) atoms. The first kappa shape index (κ1) is 19.2. The molecule has 3 amide bonds. The van der Waals surface area contributed by atoms with Crippen LogP contribution < -0.4 is 10.6 Å². The van der Waals surface area contributed by atoms with Crippen LogP contribution in [0, 0.1) is 5.92 Å². The summed E-state index contributed by atoms with van der Waals surface area (Å²) >= 11 is 0. The standard InChI is InChI=1S/C19H22N2O5/c1-12(2)9-10-20-19(25)21-16(22)11-26-18(24)15-8-7-13-5-3-4-6-14(13)17(15)23/h3-8,12,23H,9-11H2,1-2H3,(H2,20,21,22,25). The number of nitrogens with one attached hydrogen (secondary N) is 2. The van der Waals surface area contributed by atoms with E-state index in [4.69, 9.17) is 4.74 Å². The minimum absolute atomic E-state index is 0.0436. The fraction of sp³-hybridized carbons (Fsp3) is 0.316. The second kappa shape index (κ2) is 8.84. The van der Waals surface area contributed by atoms with Crippen molar-refractivity contribution < 1.29 is 24.2 Å². The molecule has 0 aliphatic heterocycles. The fourth-order valence-electron chi connectivity index (χ4n) is 2.31. The van der Waals surface area contributed by atoms with E-state index in [9.17, 15) is 19.5 Å². The lowest BCUT2D eigenvalue weighted by Gasteiger charge is -2.10. The molecule has 0 fully saturated rings. The number of amides is 3. The molecule has 3 N–H and O–H groups in total. The van der Waals surface area contributed by atoms with E-state index in [1.54, 1.807) is 24.3 Å². The third-order valence-corrected chi connectivity index (χ3v) is 3.72. The predicted octanol–water partition coefficient (Wildman–Crippen LogP) is 2.57. The smallest absolute Gasteiger partial charge is 0.342 e. The quantitative estimate of drug-likeness (QED) is 0.689. The van der Waals surface area contributed by atoms with E-state index in [1.165, 1.54) is 6.07 Å². The van der Waals surface area contributed by atoms with Crippen LogP contribution in [-0.4, -0.2) is 36.2 Å². The van der Waals surface area contributed by atoms with Gasteiger partial charge in [0.15, 0.2) is 6.61 Å². The number of phenols is 1. The van der Waals surface area contributed by atoms with Crippen LogP contribution in [0.2, 0.25) is 0 Å². The molecule has 0 unspecified atom stereocenters. The van der Waals surface area contributed by atoms with Crippen molar-refractivity contribution in [2.24, 2.45) is 5.92 Å². The maximum atomic E-state index is 12.1. The van der Waals surface area contributed by atoms with Crippen molar-refractivity contribution in [3.8, 4) is 5.75 Å². The number of imide groups is 1. The number of carbonyl (C=O) groups is 3. The molecular formula is C19H22N2O5. The van der Waals surface area contributed by atoms with Gasteiger partial charge in [-0.2, -0.15) is 0 Å². The summed E-state index contributed by atoms with van der Waals surface area (Å²) in [6.07, 6.45) is 0.790. The van der Waals surface area contributed by atoms with Crippen molar-refractivity contribution in [2.45, 2.75) is 20.3 Å². The van der Waals surface area contributed by atoms with Crippen LogP contribution in [0.15, 0.2) is 36.4 Å². The highest BCUT2D eigenvalue weighted by molar-refractivity contribution is 6.02. The third kappa shape index (κ3) is 5.20. The van der Waals surface area contributed by atoms with Crippen LogP contribution in [0.4, 0.5) is 4.79 Å². The Morgan fingerprint density at radius 1 is 1.12 bits per heavy atom. The van der Waals surface area contributed by atoms with Crippen LogP contribution in [-0.2, 0) is 9.53 Å². The minimum atomic E-state index is -0.844. The summed E-state index contributed by atoms with van der Waals surface area (Å²) in [5.41, 5.74) is -0.0436. The van der Waals surface area contributed by atoms with Gasteiger partial charge in [-0.25, -0.2) is 9.59 Å². The lowest BCUT2D eigenvalue weighted by molar-refractivity contribution is -0.123. The second-order valence-corrected chi connectivity index (χ2v) is 6.25. The average Bonchev–Trinajstić information content (AvgIpc) is 2.60. The summed E-state index contributed by atoms with van der Waals surface area (Å²) in [5.74, 6) is -1.37. The van der Waals surface area contributed by atoms with Gasteiger partial charge in [0, 0.05) is 11.9 Å². The summed E-state index contributed by atoms with van der Waals surface area (Å²) in [6.45, 7) is 3.86. The van der Waals surface area contributed by atoms with Gasteiger partial charge in [-0.1, -0.05) is 44.2 Å². The van der Waals surface area contributed by atoms with Crippen molar-refractivity contribution in [3.05, 3.63) is 42.0 Å². The van der Waals surface area contributed by atoms with Gasteiger partial charge in [0.05, 0.1) is 0 Å². The van der Waals surface area contributed by atoms with E-state index in [0.717, 1.165) is 11.8 Å². The largest absolute Gasteiger partial charge is 0.506 e. The summed E-state index contributed by atoms with van der Waals surface area (Å²) in [5, 5.41) is 16.1. The molecule has 2 aromatic rings. The summed E-state index contributed by atoms with van der Waals surface area (Å²) in [7, 11) is 0. The number of ether oxygens (including phenoxy) is 1. The number of phenolic OH excluding ortho intramolecular Hbond substituents is 1. The zero-order valence-electron chi connectivity index (χ0n) is 14.7. The number of aromatic hydroxyl groups is 1. The number of carbonyl (C=O) groups excluding carboxylic acids is 3. The Kier molecular flexibility index (Phi) is 6.54. The van der Waals surface area contributed by atoms with Gasteiger partial charge in [0.2, 0.25) is 0 Å². The molecule has 0 bridgehead atoms. The lowest BCUT2D eigenvalue weighted by Crippen LogP contribution is -2.41. The van der Waals surface area contributed by atoms with Gasteiger partial charge in [-0.05, 0) is 23.8 Å². The first-order valence-electron chi connectivity index (χ1n) is 8.34. The first-order valence-corrected chi connectivity index (χ1v) is 8.34. The van der Waals surface area contributed by atoms with Gasteiger partial charge in [-0.3, -0.25) is 10.1 Å². The van der Waals surface area contributed by atoms with E-state index in [2.05, 4.69) is 10.6 Å². The molecule has 0 heterocycles. The third-order valence-electron chi connectivity index (χ3n) is 3.72. The van der Waals surface area contributed by atoms with Gasteiger partial charge < -0.3 is 15.2 Å². The molecule has 0 aliphatic rings. The summed E-state index contributed by atoms with van der Waals surface area (Å²) in [6, 6.07) is 9.49. The molecule has 2 rings (SSSR count). The Labute approximate surface area is 151 Å². The molecule has 0 saturated carbocycles. The molecule has 0 spiro atoms. The monoisotopic (exact) mass is 358 g/mol. The van der Waals surface area contributed by atoms with Crippen molar-refractivity contribution in [3.63, 3.8) is 0 Å². The highest BCUT2D eigenvalue weighted by Crippen LogP contribution is 2.28. The first-order chi connectivity index (χ1) is 12.4. The summed E-state index contributed by atoms with van der Waals surface area (Å²) in [4.78, 5) is 35.3. The Hall–Kier alpha value is -3.09. The van der Waals surface area contributed by atoms with E-state index in [0.29, 0.717) is 17.8 Å². The van der Waals surface area contributed by atoms with Gasteiger partial charge in [0.1, 0.15) is 11.3 Å². The zero-order chi connectivity index (χ0) is 19.1. The molecule has 0 aromatic heterocycles. The Morgan fingerprint density at radius 2 is 1.85 bits per heavy atom. The van der Waals surface area contributed by atoms with Crippen molar-refractivity contribution in [2.75, 3.05) is 13.2 Å². The number of hydrogen-bond acceptors (Lipinski definition) is 5. The Morgan fingerprint density at radius 3 is 2.58 bits per heavy atom. The number of esters is 1. The molecule has 7 nitrogen and oxygen atoms in total. The van der Waals surface area contributed by atoms with Crippen molar-refractivity contribution >= 4 is 28.7 Å². The molecule has 0 radical (unpaired) electrons. The second-order valence-electron chi connectivity index (χ2n) is 6.25. The molecule has 2 aromatic carbocycles. The van der Waals surface area contributed by atoms with E-state index >= 15 is 0 Å². The van der Waals surface area contributed by atoms with Crippen molar-refractivity contribution in [1.29, 1.82) is 0 Å². The maximum absolute atomic E-state index is 12.1. The normalized spacial score (nSPS) is 10.6. The van der Waals surface area contributed by atoms with Crippen molar-refractivity contribution in [1.82, 2.24) is 10.6 Å². The fourth-order valence-corrected chi connectivity index (χ4v) is 2.31. The molecule has 7 heteroatoms. The van der Waals surface area contributed by atoms with Crippen LogP contribution in [0.25, 0.3) is 10.8 Å².